The number of pyridine rings is 2. The minimum atomic E-state index is -0.102. The second kappa shape index (κ2) is 4.68. The Kier molecular flexibility index (Phi) is 2.98. The lowest BCUT2D eigenvalue weighted by atomic mass is 10.1. The normalized spacial score (nSPS) is 11.1. The Bertz CT molecular complexity index is 905. The summed E-state index contributed by atoms with van der Waals surface area (Å²) in [6.07, 6.45) is 1.76. The Hall–Kier alpha value is -2.28. The first-order chi connectivity index (χ1) is 9.60. The first-order valence-corrected chi connectivity index (χ1v) is 6.67. The van der Waals surface area contributed by atoms with Gasteiger partial charge in [-0.1, -0.05) is 0 Å². The van der Waals surface area contributed by atoms with Crippen LogP contribution in [-0.2, 0) is 6.54 Å². The van der Waals surface area contributed by atoms with Gasteiger partial charge in [-0.3, -0.25) is 15.0 Å². The molecular weight excluding hydrogens is 274 g/mol. The number of fused-ring (bicyclic) bond motifs is 1. The van der Waals surface area contributed by atoms with Crippen LogP contribution in [0.3, 0.4) is 0 Å². The van der Waals surface area contributed by atoms with Crippen LogP contribution in [0.1, 0.15) is 12.6 Å². The minimum absolute atomic E-state index is 0.102. The minimum Gasteiger partial charge on any atom is -0.332 e. The van der Waals surface area contributed by atoms with Crippen molar-refractivity contribution < 1.29 is 0 Å². The van der Waals surface area contributed by atoms with Gasteiger partial charge in [-0.15, -0.1) is 0 Å². The number of nitrogens with zero attached hydrogens (tertiary/aromatic N) is 3. The van der Waals surface area contributed by atoms with Gasteiger partial charge in [0.1, 0.15) is 5.65 Å². The standard InChI is InChI=1S/C13H13N5OS/c1-3-18-6-9(11-15-13(20)17-16-11)10(19)8-5-4-7(2)14-12(8)18/h4-6H,3H2,1-2H3,(H2,15,16,17,20). The summed E-state index contributed by atoms with van der Waals surface area (Å²) in [6, 6.07) is 3.64. The summed E-state index contributed by atoms with van der Waals surface area (Å²) in [5.74, 6) is 0.449. The van der Waals surface area contributed by atoms with Crippen LogP contribution in [-0.4, -0.2) is 24.7 Å². The van der Waals surface area contributed by atoms with Crippen molar-refractivity contribution >= 4 is 23.3 Å². The Labute approximate surface area is 119 Å². The molecule has 0 aliphatic rings. The van der Waals surface area contributed by atoms with E-state index < -0.39 is 0 Å². The predicted octanol–water partition coefficient (Wildman–Crippen LogP) is 2.17. The van der Waals surface area contributed by atoms with E-state index >= 15 is 0 Å². The molecule has 0 atom stereocenters. The fraction of sp³-hybridized carbons (Fsp3) is 0.231. The molecule has 0 spiro atoms. The van der Waals surface area contributed by atoms with Crippen molar-refractivity contribution in [3.63, 3.8) is 0 Å². The van der Waals surface area contributed by atoms with E-state index in [1.54, 1.807) is 12.3 Å². The van der Waals surface area contributed by atoms with E-state index in [9.17, 15) is 4.79 Å². The molecule has 0 saturated carbocycles. The number of H-pyrrole nitrogens is 2. The number of aromatic nitrogens is 5. The van der Waals surface area contributed by atoms with Crippen molar-refractivity contribution in [3.8, 4) is 11.4 Å². The number of aromatic amines is 2. The molecule has 102 valence electrons. The molecule has 0 bridgehead atoms. The van der Waals surface area contributed by atoms with Crippen molar-refractivity contribution in [1.82, 2.24) is 24.7 Å². The summed E-state index contributed by atoms with van der Waals surface area (Å²) in [5, 5.41) is 6.10. The summed E-state index contributed by atoms with van der Waals surface area (Å²) >= 11 is 4.93. The van der Waals surface area contributed by atoms with Gasteiger partial charge in [-0.05, 0) is 38.2 Å². The second-order valence-electron chi connectivity index (χ2n) is 4.50. The van der Waals surface area contributed by atoms with Crippen LogP contribution < -0.4 is 5.43 Å². The van der Waals surface area contributed by atoms with Crippen LogP contribution in [0.5, 0.6) is 0 Å². The van der Waals surface area contributed by atoms with Crippen LogP contribution >= 0.6 is 12.2 Å². The third kappa shape index (κ3) is 1.96. The van der Waals surface area contributed by atoms with Gasteiger partial charge >= 0.3 is 0 Å². The smallest absolute Gasteiger partial charge is 0.213 e. The van der Waals surface area contributed by atoms with E-state index in [-0.39, 0.29) is 5.43 Å². The molecule has 3 aromatic rings. The summed E-state index contributed by atoms with van der Waals surface area (Å²) in [5.41, 5.74) is 1.95. The van der Waals surface area contributed by atoms with Crippen molar-refractivity contribution in [2.75, 3.05) is 0 Å². The fourth-order valence-corrected chi connectivity index (χ4v) is 2.31. The highest BCUT2D eigenvalue weighted by atomic mass is 32.1. The third-order valence-electron chi connectivity index (χ3n) is 3.16. The molecule has 0 unspecified atom stereocenters. The highest BCUT2D eigenvalue weighted by molar-refractivity contribution is 7.71. The quantitative estimate of drug-likeness (QED) is 0.708. The molecule has 2 N–H and O–H groups in total. The van der Waals surface area contributed by atoms with Gasteiger partial charge in [0.15, 0.2) is 5.82 Å². The van der Waals surface area contributed by atoms with Gasteiger partial charge in [0.05, 0.1) is 10.9 Å². The molecule has 0 aromatic carbocycles. The number of nitrogens with one attached hydrogen (secondary N) is 2. The van der Waals surface area contributed by atoms with E-state index in [0.29, 0.717) is 33.7 Å². The van der Waals surface area contributed by atoms with E-state index in [1.165, 1.54) is 0 Å². The topological polar surface area (TPSA) is 79.4 Å². The number of hydrogen-bond donors (Lipinski definition) is 2. The second-order valence-corrected chi connectivity index (χ2v) is 4.88. The molecule has 3 aromatic heterocycles. The molecule has 0 fully saturated rings. The van der Waals surface area contributed by atoms with Gasteiger partial charge in [-0.25, -0.2) is 4.98 Å². The van der Waals surface area contributed by atoms with Crippen LogP contribution in [0, 0.1) is 11.7 Å². The van der Waals surface area contributed by atoms with E-state index in [0.717, 1.165) is 5.69 Å². The molecule has 7 heteroatoms. The summed E-state index contributed by atoms with van der Waals surface area (Å²) in [7, 11) is 0. The monoisotopic (exact) mass is 287 g/mol. The first kappa shape index (κ1) is 12.7. The maximum Gasteiger partial charge on any atom is 0.213 e. The van der Waals surface area contributed by atoms with Crippen LogP contribution in [0.15, 0.2) is 23.1 Å². The summed E-state index contributed by atoms with van der Waals surface area (Å²) in [4.78, 5) is 21.1. The SMILES string of the molecule is CCn1cc(-c2nc(=S)[nH][nH]2)c(=O)c2ccc(C)nc21. The molecule has 0 amide bonds. The van der Waals surface area contributed by atoms with Gasteiger partial charge in [0.25, 0.3) is 0 Å². The van der Waals surface area contributed by atoms with Crippen LogP contribution in [0.2, 0.25) is 0 Å². The molecule has 3 heterocycles. The molecule has 0 saturated heterocycles. The van der Waals surface area contributed by atoms with Gasteiger partial charge < -0.3 is 4.57 Å². The molecule has 20 heavy (non-hydrogen) atoms. The average Bonchev–Trinajstić information content (AvgIpc) is 2.85. The molecule has 3 rings (SSSR count). The van der Waals surface area contributed by atoms with Crippen molar-refractivity contribution in [2.24, 2.45) is 0 Å². The maximum atomic E-state index is 12.6. The summed E-state index contributed by atoms with van der Waals surface area (Å²) < 4.78 is 2.26. The zero-order valence-corrected chi connectivity index (χ0v) is 11.9. The van der Waals surface area contributed by atoms with Crippen molar-refractivity contribution in [2.45, 2.75) is 20.4 Å². The van der Waals surface area contributed by atoms with Crippen LogP contribution in [0.4, 0.5) is 0 Å². The zero-order valence-electron chi connectivity index (χ0n) is 11.1. The molecule has 0 aliphatic carbocycles. The van der Waals surface area contributed by atoms with Gasteiger partial charge in [0, 0.05) is 18.4 Å². The lowest BCUT2D eigenvalue weighted by Gasteiger charge is -2.10. The lowest BCUT2D eigenvalue weighted by Crippen LogP contribution is -2.13. The number of rotatable bonds is 2. The molecule has 6 nitrogen and oxygen atoms in total. The fourth-order valence-electron chi connectivity index (χ4n) is 2.17. The predicted molar refractivity (Wildman–Crippen MR) is 79.2 cm³/mol. The largest absolute Gasteiger partial charge is 0.332 e. The Morgan fingerprint density at radius 2 is 2.10 bits per heavy atom. The maximum absolute atomic E-state index is 12.6. The highest BCUT2D eigenvalue weighted by Crippen LogP contribution is 2.16. The molecule has 0 radical (unpaired) electrons. The molecular formula is C13H13N5OS. The average molecular weight is 287 g/mol. The van der Waals surface area contributed by atoms with Gasteiger partial charge in [-0.2, -0.15) is 4.98 Å². The van der Waals surface area contributed by atoms with E-state index in [2.05, 4.69) is 20.2 Å². The zero-order chi connectivity index (χ0) is 14.3. The Balaban J connectivity index is 2.41. The lowest BCUT2D eigenvalue weighted by molar-refractivity contribution is 0.776. The van der Waals surface area contributed by atoms with E-state index in [4.69, 9.17) is 12.2 Å². The number of hydrogen-bond acceptors (Lipinski definition) is 4. The van der Waals surface area contributed by atoms with Crippen LogP contribution in [0.25, 0.3) is 22.4 Å². The molecule has 0 aliphatic heterocycles. The first-order valence-electron chi connectivity index (χ1n) is 6.26. The summed E-state index contributed by atoms with van der Waals surface area (Å²) in [6.45, 7) is 4.62. The number of aryl methyl sites for hydroxylation is 2. The Morgan fingerprint density at radius 1 is 1.30 bits per heavy atom. The van der Waals surface area contributed by atoms with Gasteiger partial charge in [0.2, 0.25) is 10.2 Å². The Morgan fingerprint density at radius 3 is 2.75 bits per heavy atom. The van der Waals surface area contributed by atoms with Crippen molar-refractivity contribution in [3.05, 3.63) is 39.0 Å². The third-order valence-corrected chi connectivity index (χ3v) is 3.35. The highest BCUT2D eigenvalue weighted by Gasteiger charge is 2.13. The van der Waals surface area contributed by atoms with E-state index in [1.807, 2.05) is 24.5 Å². The van der Waals surface area contributed by atoms with Crippen molar-refractivity contribution in [1.29, 1.82) is 0 Å².